The Balaban J connectivity index is 1.49. The Morgan fingerprint density at radius 2 is 1.69 bits per heavy atom. The van der Waals surface area contributed by atoms with Crippen molar-refractivity contribution in [2.24, 2.45) is 0 Å². The van der Waals surface area contributed by atoms with E-state index in [1.54, 1.807) is 0 Å². The van der Waals surface area contributed by atoms with E-state index in [1.165, 1.54) is 5.56 Å². The summed E-state index contributed by atoms with van der Waals surface area (Å²) in [5.41, 5.74) is 3.22. The lowest BCUT2D eigenvalue weighted by atomic mass is 10.1. The van der Waals surface area contributed by atoms with Gasteiger partial charge in [-0.3, -0.25) is 4.79 Å². The molecule has 166 valence electrons. The number of fused-ring (bicyclic) bond motifs is 1. The lowest BCUT2D eigenvalue weighted by Crippen LogP contribution is -2.40. The van der Waals surface area contributed by atoms with Crippen LogP contribution in [0.1, 0.15) is 16.8 Å². The van der Waals surface area contributed by atoms with E-state index in [0.717, 1.165) is 23.6 Å². The van der Waals surface area contributed by atoms with E-state index < -0.39 is 0 Å². The fourth-order valence-electron chi connectivity index (χ4n) is 3.82. The fraction of sp³-hybridized carbons (Fsp3) is 0.320. The number of para-hydroxylation sites is 1. The number of anilines is 2. The Labute approximate surface area is 189 Å². The highest BCUT2D eigenvalue weighted by atomic mass is 16.5. The molecule has 0 atom stereocenters. The first-order valence-corrected chi connectivity index (χ1v) is 10.8. The lowest BCUT2D eigenvalue weighted by molar-refractivity contribution is -0.134. The molecule has 2 heterocycles. The van der Waals surface area contributed by atoms with Gasteiger partial charge in [0.1, 0.15) is 11.6 Å². The highest BCUT2D eigenvalue weighted by Gasteiger charge is 2.27. The van der Waals surface area contributed by atoms with E-state index in [4.69, 9.17) is 14.7 Å². The third kappa shape index (κ3) is 4.99. The molecule has 0 saturated heterocycles. The molecular formula is C25H29N5O2. The summed E-state index contributed by atoms with van der Waals surface area (Å²) < 4.78 is 5.65. The van der Waals surface area contributed by atoms with Gasteiger partial charge in [0.2, 0.25) is 5.95 Å². The Bertz CT molecular complexity index is 1060. The van der Waals surface area contributed by atoms with Crippen molar-refractivity contribution in [3.63, 3.8) is 0 Å². The van der Waals surface area contributed by atoms with E-state index in [-0.39, 0.29) is 12.5 Å². The third-order valence-corrected chi connectivity index (χ3v) is 5.51. The van der Waals surface area contributed by atoms with Crippen LogP contribution in [-0.2, 0) is 24.3 Å². The van der Waals surface area contributed by atoms with Crippen molar-refractivity contribution in [2.75, 3.05) is 44.1 Å². The van der Waals surface area contributed by atoms with Crippen LogP contribution in [0, 0.1) is 0 Å². The maximum absolute atomic E-state index is 12.8. The standard InChI is InChI=1S/C25H29N5O2/c1-28(2)24-21-17-30(23(31)18-32-20-12-8-5-9-13-20)15-14-22(21)26-25(27-24)29(3)16-19-10-6-4-7-11-19/h4-13H,14-18H2,1-3H3. The van der Waals surface area contributed by atoms with Crippen LogP contribution >= 0.6 is 0 Å². The number of ether oxygens (including phenoxy) is 1. The van der Waals surface area contributed by atoms with Gasteiger partial charge in [-0.25, -0.2) is 4.98 Å². The van der Waals surface area contributed by atoms with Gasteiger partial charge in [-0.2, -0.15) is 4.98 Å². The Hall–Kier alpha value is -3.61. The van der Waals surface area contributed by atoms with Crippen LogP contribution in [0.25, 0.3) is 0 Å². The van der Waals surface area contributed by atoms with Gasteiger partial charge < -0.3 is 19.4 Å². The summed E-state index contributed by atoms with van der Waals surface area (Å²) in [6.45, 7) is 1.86. The summed E-state index contributed by atoms with van der Waals surface area (Å²) >= 11 is 0. The largest absolute Gasteiger partial charge is 0.484 e. The van der Waals surface area contributed by atoms with Crippen LogP contribution < -0.4 is 14.5 Å². The molecule has 0 bridgehead atoms. The minimum Gasteiger partial charge on any atom is -0.484 e. The number of amides is 1. The molecule has 0 aliphatic carbocycles. The number of carbonyl (C=O) groups excluding carboxylic acids is 1. The van der Waals surface area contributed by atoms with Crippen molar-refractivity contribution in [1.82, 2.24) is 14.9 Å². The smallest absolute Gasteiger partial charge is 0.260 e. The molecule has 2 aromatic carbocycles. The molecule has 0 saturated carbocycles. The highest BCUT2D eigenvalue weighted by molar-refractivity contribution is 5.78. The maximum Gasteiger partial charge on any atom is 0.260 e. The zero-order valence-corrected chi connectivity index (χ0v) is 18.9. The van der Waals surface area contributed by atoms with Crippen molar-refractivity contribution >= 4 is 17.7 Å². The van der Waals surface area contributed by atoms with Crippen molar-refractivity contribution in [2.45, 2.75) is 19.5 Å². The first kappa shape index (κ1) is 21.6. The monoisotopic (exact) mass is 431 g/mol. The molecule has 1 amide bonds. The Morgan fingerprint density at radius 3 is 2.38 bits per heavy atom. The zero-order valence-electron chi connectivity index (χ0n) is 18.9. The second kappa shape index (κ2) is 9.68. The Kier molecular flexibility index (Phi) is 6.54. The van der Waals surface area contributed by atoms with Crippen LogP contribution in [0.5, 0.6) is 5.75 Å². The quantitative estimate of drug-likeness (QED) is 0.573. The number of aromatic nitrogens is 2. The average molecular weight is 432 g/mol. The number of hydrogen-bond donors (Lipinski definition) is 0. The molecule has 0 fully saturated rings. The van der Waals surface area contributed by atoms with E-state index >= 15 is 0 Å². The molecule has 7 heteroatoms. The third-order valence-electron chi connectivity index (χ3n) is 5.51. The van der Waals surface area contributed by atoms with E-state index in [1.807, 2.05) is 79.5 Å². The molecular weight excluding hydrogens is 402 g/mol. The van der Waals surface area contributed by atoms with Gasteiger partial charge in [0.15, 0.2) is 6.61 Å². The molecule has 0 spiro atoms. The molecule has 3 aromatic rings. The van der Waals surface area contributed by atoms with Crippen LogP contribution in [0.15, 0.2) is 60.7 Å². The van der Waals surface area contributed by atoms with Crippen LogP contribution in [0.2, 0.25) is 0 Å². The number of rotatable bonds is 7. The summed E-state index contributed by atoms with van der Waals surface area (Å²) in [5.74, 6) is 2.21. The highest BCUT2D eigenvalue weighted by Crippen LogP contribution is 2.28. The first-order chi connectivity index (χ1) is 15.5. The molecule has 1 aromatic heterocycles. The summed E-state index contributed by atoms with van der Waals surface area (Å²) in [7, 11) is 5.96. The molecule has 32 heavy (non-hydrogen) atoms. The van der Waals surface area contributed by atoms with Crippen molar-refractivity contribution in [3.8, 4) is 5.75 Å². The average Bonchev–Trinajstić information content (AvgIpc) is 2.82. The minimum atomic E-state index is -0.0329. The number of hydrogen-bond acceptors (Lipinski definition) is 6. The Morgan fingerprint density at radius 1 is 1.00 bits per heavy atom. The first-order valence-electron chi connectivity index (χ1n) is 10.8. The maximum atomic E-state index is 12.8. The molecule has 1 aliphatic heterocycles. The molecule has 1 aliphatic rings. The molecule has 0 radical (unpaired) electrons. The normalized spacial score (nSPS) is 12.8. The number of carbonyl (C=O) groups is 1. The van der Waals surface area contributed by atoms with E-state index in [9.17, 15) is 4.79 Å². The van der Waals surface area contributed by atoms with Gasteiger partial charge in [-0.15, -0.1) is 0 Å². The van der Waals surface area contributed by atoms with Gasteiger partial charge in [0, 0.05) is 46.2 Å². The van der Waals surface area contributed by atoms with Crippen molar-refractivity contribution < 1.29 is 9.53 Å². The van der Waals surface area contributed by atoms with Crippen LogP contribution in [0.4, 0.5) is 11.8 Å². The van der Waals surface area contributed by atoms with E-state index in [2.05, 4.69) is 17.0 Å². The van der Waals surface area contributed by atoms with E-state index in [0.29, 0.717) is 31.2 Å². The van der Waals surface area contributed by atoms with Gasteiger partial charge in [-0.1, -0.05) is 48.5 Å². The zero-order chi connectivity index (χ0) is 22.5. The second-order valence-electron chi connectivity index (χ2n) is 8.18. The molecule has 0 N–H and O–H groups in total. The van der Waals surface area contributed by atoms with Crippen LogP contribution in [0.3, 0.4) is 0 Å². The fourth-order valence-corrected chi connectivity index (χ4v) is 3.82. The van der Waals surface area contributed by atoms with Crippen LogP contribution in [-0.4, -0.2) is 55.1 Å². The number of benzene rings is 2. The number of nitrogens with zero attached hydrogens (tertiary/aromatic N) is 5. The predicted molar refractivity (Wildman–Crippen MR) is 126 cm³/mol. The summed E-state index contributed by atoms with van der Waals surface area (Å²) in [6, 6.07) is 19.7. The van der Waals surface area contributed by atoms with Gasteiger partial charge in [-0.05, 0) is 17.7 Å². The SMILES string of the molecule is CN(C)c1nc(N(C)Cc2ccccc2)nc2c1CN(C(=O)COc1ccccc1)CC2. The van der Waals surface area contributed by atoms with Gasteiger partial charge in [0.25, 0.3) is 5.91 Å². The topological polar surface area (TPSA) is 61.8 Å². The van der Waals surface area contributed by atoms with Crippen molar-refractivity contribution in [3.05, 3.63) is 77.5 Å². The molecule has 0 unspecified atom stereocenters. The van der Waals surface area contributed by atoms with Gasteiger partial charge >= 0.3 is 0 Å². The lowest BCUT2D eigenvalue weighted by Gasteiger charge is -2.32. The molecule has 7 nitrogen and oxygen atoms in total. The summed E-state index contributed by atoms with van der Waals surface area (Å²) in [6.07, 6.45) is 0.696. The van der Waals surface area contributed by atoms with Crippen molar-refractivity contribution in [1.29, 1.82) is 0 Å². The summed E-state index contributed by atoms with van der Waals surface area (Å²) in [4.78, 5) is 28.4. The molecule has 4 rings (SSSR count). The minimum absolute atomic E-state index is 0.0232. The predicted octanol–water partition coefficient (Wildman–Crippen LogP) is 3.14. The second-order valence-corrected chi connectivity index (χ2v) is 8.18. The van der Waals surface area contributed by atoms with Gasteiger partial charge in [0.05, 0.1) is 12.2 Å². The summed E-state index contributed by atoms with van der Waals surface area (Å²) in [5, 5.41) is 0.